The fraction of sp³-hybridized carbons (Fsp3) is 0. The Morgan fingerprint density at radius 3 is 3.00 bits per heavy atom. The van der Waals surface area contributed by atoms with Crippen LogP contribution in [0.2, 0.25) is 0 Å². The summed E-state index contributed by atoms with van der Waals surface area (Å²) in [5, 5.41) is 13.3. The lowest BCUT2D eigenvalue weighted by Gasteiger charge is -2.06. The predicted molar refractivity (Wildman–Crippen MR) is 78.4 cm³/mol. The number of carbonyl (C=O) groups excluding carboxylic acids is 1. The zero-order valence-corrected chi connectivity index (χ0v) is 11.4. The fourth-order valence-corrected chi connectivity index (χ4v) is 2.53. The summed E-state index contributed by atoms with van der Waals surface area (Å²) in [5.74, 6) is -0.587. The van der Waals surface area contributed by atoms with E-state index in [1.807, 2.05) is 6.07 Å². The van der Waals surface area contributed by atoms with Gasteiger partial charge in [-0.15, -0.1) is 11.3 Å². The maximum Gasteiger partial charge on any atom is 0.271 e. The molecule has 102 valence electrons. The molecule has 0 atom stereocenters. The minimum atomic E-state index is -0.587. The Morgan fingerprint density at radius 1 is 1.38 bits per heavy atom. The van der Waals surface area contributed by atoms with Crippen molar-refractivity contribution in [3.05, 3.63) is 63.5 Å². The molecule has 0 bridgehead atoms. The molecule has 3 rings (SSSR count). The Bertz CT molecular complexity index is 936. The van der Waals surface area contributed by atoms with E-state index in [1.54, 1.807) is 35.8 Å². The number of thiazole rings is 1. The molecule has 21 heavy (non-hydrogen) atoms. The molecule has 0 aliphatic heterocycles. The van der Waals surface area contributed by atoms with Crippen molar-refractivity contribution in [3.63, 3.8) is 0 Å². The fourth-order valence-electron chi connectivity index (χ4n) is 1.86. The summed E-state index contributed by atoms with van der Waals surface area (Å²) in [6, 6.07) is 8.56. The Kier molecular flexibility index (Phi) is 3.22. The first-order valence-corrected chi connectivity index (χ1v) is 6.84. The summed E-state index contributed by atoms with van der Waals surface area (Å²) in [4.78, 5) is 29.0. The van der Waals surface area contributed by atoms with Crippen LogP contribution >= 0.6 is 11.3 Å². The molecule has 0 saturated carbocycles. The van der Waals surface area contributed by atoms with Crippen molar-refractivity contribution in [1.82, 2.24) is 9.38 Å². The normalized spacial score (nSPS) is 10.2. The molecule has 7 heteroatoms. The number of nitrogens with zero attached hydrogens (tertiary/aromatic N) is 3. The number of nitrogens with one attached hydrogen (secondary N) is 1. The van der Waals surface area contributed by atoms with E-state index >= 15 is 0 Å². The second-order valence-corrected chi connectivity index (χ2v) is 5.02. The number of carbonyl (C=O) groups is 1. The Morgan fingerprint density at radius 2 is 2.19 bits per heavy atom. The molecular weight excluding hydrogens is 288 g/mol. The van der Waals surface area contributed by atoms with Crippen LogP contribution in [0.5, 0.6) is 0 Å². The first kappa shape index (κ1) is 13.0. The molecule has 3 aromatic rings. The number of hydrogen-bond acceptors (Lipinski definition) is 5. The van der Waals surface area contributed by atoms with E-state index < -0.39 is 11.5 Å². The van der Waals surface area contributed by atoms with Gasteiger partial charge in [-0.05, 0) is 12.1 Å². The van der Waals surface area contributed by atoms with Crippen LogP contribution in [0.1, 0.15) is 15.9 Å². The number of benzene rings is 1. The van der Waals surface area contributed by atoms with Crippen molar-refractivity contribution in [3.8, 4) is 6.07 Å². The van der Waals surface area contributed by atoms with Crippen LogP contribution in [0.4, 0.5) is 5.69 Å². The van der Waals surface area contributed by atoms with Crippen molar-refractivity contribution in [2.75, 3.05) is 5.32 Å². The quantitative estimate of drug-likeness (QED) is 0.782. The van der Waals surface area contributed by atoms with E-state index in [0.717, 1.165) is 0 Å². The van der Waals surface area contributed by atoms with Gasteiger partial charge in [0.2, 0.25) is 0 Å². The van der Waals surface area contributed by atoms with Crippen LogP contribution in [0.3, 0.4) is 0 Å². The number of rotatable bonds is 2. The lowest BCUT2D eigenvalue weighted by atomic mass is 10.2. The summed E-state index contributed by atoms with van der Waals surface area (Å²) >= 11 is 1.31. The van der Waals surface area contributed by atoms with E-state index in [9.17, 15) is 9.59 Å². The van der Waals surface area contributed by atoms with E-state index in [-0.39, 0.29) is 5.56 Å². The van der Waals surface area contributed by atoms with Crippen LogP contribution in [0, 0.1) is 11.3 Å². The SMILES string of the molecule is N#Cc1ccccc1NC(=O)c1cnc2sccn2c1=O. The summed E-state index contributed by atoms with van der Waals surface area (Å²) in [6.45, 7) is 0. The van der Waals surface area contributed by atoms with Gasteiger partial charge in [0.15, 0.2) is 4.96 Å². The standard InChI is InChI=1S/C14H8N4O2S/c15-7-9-3-1-2-4-11(9)17-12(19)10-8-16-14-18(13(10)20)5-6-21-14/h1-6,8H,(H,17,19). The molecule has 1 aromatic carbocycles. The molecule has 2 aromatic heterocycles. The van der Waals surface area contributed by atoms with E-state index in [0.29, 0.717) is 16.2 Å². The number of anilines is 1. The zero-order chi connectivity index (χ0) is 14.8. The Balaban J connectivity index is 2.00. The van der Waals surface area contributed by atoms with Gasteiger partial charge in [0, 0.05) is 17.8 Å². The number of amides is 1. The number of hydrogen-bond donors (Lipinski definition) is 1. The summed E-state index contributed by atoms with van der Waals surface area (Å²) in [6.07, 6.45) is 2.81. The monoisotopic (exact) mass is 296 g/mol. The Labute approximate surface area is 122 Å². The second-order valence-electron chi connectivity index (χ2n) is 4.14. The smallest absolute Gasteiger partial charge is 0.271 e. The third-order valence-corrected chi connectivity index (χ3v) is 3.65. The van der Waals surface area contributed by atoms with E-state index in [4.69, 9.17) is 5.26 Å². The van der Waals surface area contributed by atoms with Gasteiger partial charge in [-0.1, -0.05) is 12.1 Å². The maximum atomic E-state index is 12.2. The van der Waals surface area contributed by atoms with Gasteiger partial charge in [0.1, 0.15) is 11.6 Å². The Hall–Kier alpha value is -2.98. The molecule has 0 fully saturated rings. The first-order chi connectivity index (χ1) is 10.2. The third kappa shape index (κ3) is 2.28. The largest absolute Gasteiger partial charge is 0.321 e. The molecule has 2 heterocycles. The molecular formula is C14H8N4O2S. The highest BCUT2D eigenvalue weighted by Crippen LogP contribution is 2.14. The van der Waals surface area contributed by atoms with Gasteiger partial charge in [-0.2, -0.15) is 5.26 Å². The molecule has 0 unspecified atom stereocenters. The topological polar surface area (TPSA) is 87.3 Å². The number of aromatic nitrogens is 2. The van der Waals surface area contributed by atoms with E-state index in [1.165, 1.54) is 21.9 Å². The number of nitriles is 1. The molecule has 0 saturated heterocycles. The van der Waals surface area contributed by atoms with Crippen molar-refractivity contribution in [2.24, 2.45) is 0 Å². The van der Waals surface area contributed by atoms with Crippen LogP contribution in [0.15, 0.2) is 46.8 Å². The van der Waals surface area contributed by atoms with Crippen LogP contribution in [-0.4, -0.2) is 15.3 Å². The van der Waals surface area contributed by atoms with Crippen LogP contribution < -0.4 is 10.9 Å². The van der Waals surface area contributed by atoms with Crippen molar-refractivity contribution in [1.29, 1.82) is 5.26 Å². The zero-order valence-electron chi connectivity index (χ0n) is 10.6. The lowest BCUT2D eigenvalue weighted by Crippen LogP contribution is -2.26. The first-order valence-electron chi connectivity index (χ1n) is 5.96. The van der Waals surface area contributed by atoms with Gasteiger partial charge < -0.3 is 5.32 Å². The molecule has 0 spiro atoms. The molecule has 0 aliphatic rings. The van der Waals surface area contributed by atoms with Gasteiger partial charge in [0.25, 0.3) is 11.5 Å². The lowest BCUT2D eigenvalue weighted by molar-refractivity contribution is 0.102. The van der Waals surface area contributed by atoms with Gasteiger partial charge in [-0.3, -0.25) is 14.0 Å². The summed E-state index contributed by atoms with van der Waals surface area (Å²) in [7, 11) is 0. The third-order valence-electron chi connectivity index (χ3n) is 2.88. The molecule has 1 N–H and O–H groups in total. The van der Waals surface area contributed by atoms with Crippen molar-refractivity contribution < 1.29 is 4.79 Å². The summed E-state index contributed by atoms with van der Waals surface area (Å²) < 4.78 is 1.32. The molecule has 6 nitrogen and oxygen atoms in total. The van der Waals surface area contributed by atoms with Crippen LogP contribution in [-0.2, 0) is 0 Å². The van der Waals surface area contributed by atoms with Gasteiger partial charge in [-0.25, -0.2) is 4.98 Å². The second kappa shape index (κ2) is 5.19. The maximum absolute atomic E-state index is 12.2. The van der Waals surface area contributed by atoms with Gasteiger partial charge >= 0.3 is 0 Å². The highest BCUT2D eigenvalue weighted by molar-refractivity contribution is 7.15. The highest BCUT2D eigenvalue weighted by Gasteiger charge is 2.15. The number of fused-ring (bicyclic) bond motifs is 1. The highest BCUT2D eigenvalue weighted by atomic mass is 32.1. The van der Waals surface area contributed by atoms with E-state index in [2.05, 4.69) is 10.3 Å². The molecule has 0 radical (unpaired) electrons. The number of para-hydroxylation sites is 1. The van der Waals surface area contributed by atoms with Gasteiger partial charge in [0.05, 0.1) is 11.3 Å². The van der Waals surface area contributed by atoms with Crippen molar-refractivity contribution >= 4 is 27.9 Å². The minimum absolute atomic E-state index is 0.0707. The molecule has 0 aliphatic carbocycles. The minimum Gasteiger partial charge on any atom is -0.321 e. The average Bonchev–Trinajstić information content (AvgIpc) is 2.97. The molecule has 1 amide bonds. The summed E-state index contributed by atoms with van der Waals surface area (Å²) in [5.41, 5.74) is 0.183. The predicted octanol–water partition coefficient (Wildman–Crippen LogP) is 1.88. The van der Waals surface area contributed by atoms with Crippen LogP contribution in [0.25, 0.3) is 4.96 Å². The van der Waals surface area contributed by atoms with Crippen molar-refractivity contribution in [2.45, 2.75) is 0 Å². The average molecular weight is 296 g/mol.